The van der Waals surface area contributed by atoms with Crippen LogP contribution in [0.5, 0.6) is 11.5 Å². The van der Waals surface area contributed by atoms with Crippen molar-refractivity contribution in [3.05, 3.63) is 38.8 Å². The summed E-state index contributed by atoms with van der Waals surface area (Å²) in [5.41, 5.74) is 0.775. The summed E-state index contributed by atoms with van der Waals surface area (Å²) >= 11 is 3.26. The molecule has 0 atom stereocenters. The molecule has 0 radical (unpaired) electrons. The molecule has 0 bridgehead atoms. The molecule has 2 amide bonds. The number of nitrogens with one attached hydrogen (secondary N) is 1. The predicted molar refractivity (Wildman–Crippen MR) is 103 cm³/mol. The zero-order chi connectivity index (χ0) is 17.7. The first kappa shape index (κ1) is 18.5. The van der Waals surface area contributed by atoms with Gasteiger partial charge in [0.15, 0.2) is 16.7 Å². The van der Waals surface area contributed by atoms with Crippen molar-refractivity contribution in [1.82, 2.24) is 5.32 Å². The molecule has 1 aliphatic rings. The van der Waals surface area contributed by atoms with Crippen LogP contribution in [-0.2, 0) is 9.59 Å². The van der Waals surface area contributed by atoms with Crippen molar-refractivity contribution in [2.24, 2.45) is 4.99 Å². The number of rotatable bonds is 5. The van der Waals surface area contributed by atoms with E-state index < -0.39 is 0 Å². The Labute approximate surface area is 157 Å². The first-order valence-electron chi connectivity index (χ1n) is 6.86. The molecule has 0 saturated carbocycles. The van der Waals surface area contributed by atoms with E-state index in [4.69, 9.17) is 9.47 Å². The summed E-state index contributed by atoms with van der Waals surface area (Å²) in [6.45, 7) is 5.36. The highest BCUT2D eigenvalue weighted by atomic mass is 127. The minimum atomic E-state index is -0.385. The van der Waals surface area contributed by atoms with E-state index in [1.54, 1.807) is 25.3 Å². The highest BCUT2D eigenvalue weighted by Crippen LogP contribution is 2.36. The van der Waals surface area contributed by atoms with Gasteiger partial charge in [-0.25, -0.2) is 0 Å². The molecule has 0 unspecified atom stereocenters. The maximum absolute atomic E-state index is 11.9. The number of carbonyl (C=O) groups is 2. The summed E-state index contributed by atoms with van der Waals surface area (Å²) in [5, 5.41) is 2.79. The molecule has 0 fully saturated rings. The van der Waals surface area contributed by atoms with Gasteiger partial charge < -0.3 is 14.8 Å². The van der Waals surface area contributed by atoms with Crippen molar-refractivity contribution < 1.29 is 19.1 Å². The van der Waals surface area contributed by atoms with Gasteiger partial charge in [-0.2, -0.15) is 4.99 Å². The average molecular weight is 458 g/mol. The van der Waals surface area contributed by atoms with Crippen molar-refractivity contribution in [2.45, 2.75) is 6.92 Å². The van der Waals surface area contributed by atoms with Crippen LogP contribution in [-0.4, -0.2) is 30.7 Å². The molecule has 1 aromatic rings. The number of hydrogen-bond donors (Lipinski definition) is 1. The Kier molecular flexibility index (Phi) is 6.44. The summed E-state index contributed by atoms with van der Waals surface area (Å²) < 4.78 is 11.8. The summed E-state index contributed by atoms with van der Waals surface area (Å²) in [6, 6.07) is 3.65. The van der Waals surface area contributed by atoms with E-state index in [1.165, 1.54) is 6.92 Å². The fourth-order valence-electron chi connectivity index (χ4n) is 1.87. The van der Waals surface area contributed by atoms with Crippen LogP contribution in [0.25, 0.3) is 6.08 Å². The second kappa shape index (κ2) is 8.34. The first-order valence-corrected chi connectivity index (χ1v) is 8.75. The zero-order valence-corrected chi connectivity index (χ0v) is 16.1. The predicted octanol–water partition coefficient (Wildman–Crippen LogP) is 2.97. The molecule has 2 rings (SSSR count). The van der Waals surface area contributed by atoms with Gasteiger partial charge in [0.05, 0.1) is 15.6 Å². The molecule has 0 aliphatic carbocycles. The van der Waals surface area contributed by atoms with Crippen LogP contribution in [0.2, 0.25) is 0 Å². The molecule has 0 spiro atoms. The Morgan fingerprint density at radius 2 is 2.25 bits per heavy atom. The molecule has 24 heavy (non-hydrogen) atoms. The quantitative estimate of drug-likeness (QED) is 0.417. The Morgan fingerprint density at radius 3 is 2.88 bits per heavy atom. The van der Waals surface area contributed by atoms with Gasteiger partial charge in [-0.15, -0.1) is 0 Å². The summed E-state index contributed by atoms with van der Waals surface area (Å²) in [6.07, 6.45) is 3.35. The molecule has 6 nitrogen and oxygen atoms in total. The number of ether oxygens (including phenoxy) is 2. The highest BCUT2D eigenvalue weighted by molar-refractivity contribution is 14.1. The van der Waals surface area contributed by atoms with Gasteiger partial charge >= 0.3 is 0 Å². The number of halogens is 1. The molecule has 1 N–H and O–H groups in total. The molecule has 0 saturated heterocycles. The van der Waals surface area contributed by atoms with Crippen LogP contribution < -0.4 is 14.8 Å². The Morgan fingerprint density at radius 1 is 1.50 bits per heavy atom. The van der Waals surface area contributed by atoms with Crippen LogP contribution >= 0.6 is 34.4 Å². The van der Waals surface area contributed by atoms with E-state index in [-0.39, 0.29) is 17.0 Å². The van der Waals surface area contributed by atoms with Gasteiger partial charge in [0.1, 0.15) is 6.61 Å². The van der Waals surface area contributed by atoms with Crippen LogP contribution in [0.15, 0.2) is 34.7 Å². The number of benzene rings is 1. The summed E-state index contributed by atoms with van der Waals surface area (Å²) in [4.78, 5) is 27.2. The van der Waals surface area contributed by atoms with E-state index in [2.05, 4.69) is 39.5 Å². The topological polar surface area (TPSA) is 77.0 Å². The third-order valence-corrected chi connectivity index (χ3v) is 4.50. The fraction of sp³-hybridized carbons (Fsp3) is 0.188. The maximum atomic E-state index is 11.9. The van der Waals surface area contributed by atoms with Crippen LogP contribution in [0.4, 0.5) is 0 Å². The van der Waals surface area contributed by atoms with Crippen LogP contribution in [0, 0.1) is 3.57 Å². The van der Waals surface area contributed by atoms with Crippen LogP contribution in [0.1, 0.15) is 12.5 Å². The number of amides is 2. The Balaban J connectivity index is 2.27. The van der Waals surface area contributed by atoms with E-state index in [0.29, 0.717) is 23.0 Å². The van der Waals surface area contributed by atoms with Crippen molar-refractivity contribution in [2.75, 3.05) is 13.7 Å². The fourth-order valence-corrected chi connectivity index (χ4v) is 3.51. The maximum Gasteiger partial charge on any atom is 0.286 e. The molecule has 1 aromatic carbocycles. The summed E-state index contributed by atoms with van der Waals surface area (Å²) in [7, 11) is 1.55. The minimum absolute atomic E-state index is 0.268. The van der Waals surface area contributed by atoms with Gasteiger partial charge in [0, 0.05) is 6.92 Å². The van der Waals surface area contributed by atoms with Gasteiger partial charge in [0.25, 0.3) is 5.91 Å². The van der Waals surface area contributed by atoms with Crippen molar-refractivity contribution in [3.8, 4) is 11.5 Å². The van der Waals surface area contributed by atoms with Crippen molar-refractivity contribution in [3.63, 3.8) is 0 Å². The average Bonchev–Trinajstić information content (AvgIpc) is 2.84. The molecular weight excluding hydrogens is 443 g/mol. The molecule has 126 valence electrons. The molecular formula is C16H15IN2O4S. The lowest BCUT2D eigenvalue weighted by molar-refractivity contribution is -0.117. The minimum Gasteiger partial charge on any atom is -0.493 e. The summed E-state index contributed by atoms with van der Waals surface area (Å²) in [5.74, 6) is 0.537. The normalized spacial score (nSPS) is 15.2. The Hall–Kier alpha value is -1.81. The van der Waals surface area contributed by atoms with E-state index >= 15 is 0 Å². The second-order valence-electron chi connectivity index (χ2n) is 4.65. The second-order valence-corrected chi connectivity index (χ2v) is 6.84. The van der Waals surface area contributed by atoms with Gasteiger partial charge in [-0.3, -0.25) is 9.59 Å². The number of hydrogen-bond acceptors (Lipinski definition) is 5. The third-order valence-electron chi connectivity index (χ3n) is 2.80. The SMILES string of the molecule is C=CCOc1c(I)cc(/C=C2\SC(NC(C)=O)=NC2=O)cc1OC. The number of aliphatic imine (C=N–C) groups is 1. The number of amidine groups is 1. The highest BCUT2D eigenvalue weighted by Gasteiger charge is 2.23. The lowest BCUT2D eigenvalue weighted by Crippen LogP contribution is -2.23. The molecule has 8 heteroatoms. The van der Waals surface area contributed by atoms with Gasteiger partial charge in [-0.1, -0.05) is 12.7 Å². The number of thioether (sulfide) groups is 1. The lowest BCUT2D eigenvalue weighted by atomic mass is 10.2. The standard InChI is InChI=1S/C16H15IN2O4S/c1-4-5-23-14-11(17)6-10(7-12(14)22-3)8-13-15(21)19-16(24-13)18-9(2)20/h4,6-8H,1,5H2,2-3H3,(H,18,19,20,21)/b13-8-. The zero-order valence-electron chi connectivity index (χ0n) is 13.1. The van der Waals surface area contributed by atoms with Gasteiger partial charge in [-0.05, 0) is 58.1 Å². The van der Waals surface area contributed by atoms with E-state index in [9.17, 15) is 9.59 Å². The lowest BCUT2D eigenvalue weighted by Gasteiger charge is -2.12. The number of nitrogens with zero attached hydrogens (tertiary/aromatic N) is 1. The van der Waals surface area contributed by atoms with Crippen molar-refractivity contribution >= 4 is 57.4 Å². The molecule has 1 heterocycles. The number of carbonyl (C=O) groups excluding carboxylic acids is 2. The molecule has 1 aliphatic heterocycles. The van der Waals surface area contributed by atoms with E-state index in [1.807, 2.05) is 6.07 Å². The van der Waals surface area contributed by atoms with Gasteiger partial charge in [0.2, 0.25) is 5.91 Å². The van der Waals surface area contributed by atoms with Crippen LogP contribution in [0.3, 0.4) is 0 Å². The third kappa shape index (κ3) is 4.60. The smallest absolute Gasteiger partial charge is 0.286 e. The van der Waals surface area contributed by atoms with Crippen molar-refractivity contribution in [1.29, 1.82) is 0 Å². The van der Waals surface area contributed by atoms with E-state index in [0.717, 1.165) is 20.9 Å². The Bertz CT molecular complexity index is 759. The number of methoxy groups -OCH3 is 1. The monoisotopic (exact) mass is 458 g/mol. The first-order chi connectivity index (χ1) is 11.4. The molecule has 0 aromatic heterocycles. The largest absolute Gasteiger partial charge is 0.493 e.